The number of urea groups is 1. The first kappa shape index (κ1) is 16.8. The molecule has 0 aromatic heterocycles. The number of ether oxygens (including phenoxy) is 1. The monoisotopic (exact) mass is 333 g/mol. The van der Waals surface area contributed by atoms with Crippen LogP contribution in [0.3, 0.4) is 0 Å². The molecule has 1 N–H and O–H groups in total. The van der Waals surface area contributed by atoms with Crippen molar-refractivity contribution >= 4 is 23.3 Å². The molecule has 8 heteroatoms. The molecule has 0 radical (unpaired) electrons. The Morgan fingerprint density at radius 1 is 1.32 bits per heavy atom. The molecule has 0 unspecified atom stereocenters. The SMILES string of the molecule is CN1CCCN(C(=O)Nc2ccc(Cl)c(OC(F)F)c2)CC1. The van der Waals surface area contributed by atoms with Gasteiger partial charge in [-0.05, 0) is 32.1 Å². The highest BCUT2D eigenvalue weighted by molar-refractivity contribution is 6.32. The lowest BCUT2D eigenvalue weighted by atomic mass is 10.3. The third-order valence-corrected chi connectivity index (χ3v) is 3.72. The number of alkyl halides is 2. The van der Waals surface area contributed by atoms with E-state index in [4.69, 9.17) is 11.6 Å². The number of anilines is 1. The number of nitrogens with zero attached hydrogens (tertiary/aromatic N) is 2. The van der Waals surface area contributed by atoms with Gasteiger partial charge in [0.15, 0.2) is 0 Å². The fourth-order valence-electron chi connectivity index (χ4n) is 2.22. The first-order valence-electron chi connectivity index (χ1n) is 6.94. The van der Waals surface area contributed by atoms with Gasteiger partial charge in [0, 0.05) is 31.4 Å². The molecule has 5 nitrogen and oxygen atoms in total. The van der Waals surface area contributed by atoms with Gasteiger partial charge in [0.05, 0.1) is 5.02 Å². The summed E-state index contributed by atoms with van der Waals surface area (Å²) in [7, 11) is 2.01. The van der Waals surface area contributed by atoms with Crippen LogP contribution in [0.25, 0.3) is 0 Å². The first-order valence-corrected chi connectivity index (χ1v) is 7.32. The largest absolute Gasteiger partial charge is 0.433 e. The molecule has 2 amide bonds. The van der Waals surface area contributed by atoms with Crippen LogP contribution in [0.4, 0.5) is 19.3 Å². The fourth-order valence-corrected chi connectivity index (χ4v) is 2.38. The number of amides is 2. The van der Waals surface area contributed by atoms with Gasteiger partial charge in [0.1, 0.15) is 5.75 Å². The second-order valence-electron chi connectivity index (χ2n) is 5.10. The molecule has 122 valence electrons. The molecule has 1 aliphatic heterocycles. The molecular weight excluding hydrogens is 316 g/mol. The molecular formula is C14H18ClF2N3O2. The van der Waals surface area contributed by atoms with E-state index >= 15 is 0 Å². The molecule has 0 aliphatic carbocycles. The lowest BCUT2D eigenvalue weighted by molar-refractivity contribution is -0.0497. The number of nitrogens with one attached hydrogen (secondary N) is 1. The van der Waals surface area contributed by atoms with E-state index in [1.165, 1.54) is 12.1 Å². The van der Waals surface area contributed by atoms with Gasteiger partial charge in [-0.1, -0.05) is 11.6 Å². The van der Waals surface area contributed by atoms with E-state index in [1.54, 1.807) is 11.0 Å². The number of halogens is 3. The highest BCUT2D eigenvalue weighted by Crippen LogP contribution is 2.29. The smallest absolute Gasteiger partial charge is 0.387 e. The lowest BCUT2D eigenvalue weighted by Gasteiger charge is -2.21. The van der Waals surface area contributed by atoms with Gasteiger partial charge in [-0.25, -0.2) is 4.79 Å². The Hall–Kier alpha value is -1.60. The van der Waals surface area contributed by atoms with Gasteiger partial charge in [0.25, 0.3) is 0 Å². The van der Waals surface area contributed by atoms with E-state index in [2.05, 4.69) is 15.0 Å². The summed E-state index contributed by atoms with van der Waals surface area (Å²) in [5.74, 6) is -0.162. The highest BCUT2D eigenvalue weighted by atomic mass is 35.5. The van der Waals surface area contributed by atoms with E-state index in [0.29, 0.717) is 18.8 Å². The van der Waals surface area contributed by atoms with Gasteiger partial charge in [-0.3, -0.25) is 0 Å². The number of hydrogen-bond acceptors (Lipinski definition) is 3. The zero-order valence-corrected chi connectivity index (χ0v) is 12.9. The molecule has 0 spiro atoms. The molecule has 1 aliphatic rings. The van der Waals surface area contributed by atoms with E-state index < -0.39 is 6.61 Å². The molecule has 1 aromatic rings. The number of carbonyl (C=O) groups is 1. The first-order chi connectivity index (χ1) is 10.5. The Morgan fingerprint density at radius 3 is 2.82 bits per heavy atom. The summed E-state index contributed by atoms with van der Waals surface area (Å²) < 4.78 is 28.9. The molecule has 2 rings (SSSR count). The van der Waals surface area contributed by atoms with Gasteiger partial charge in [-0.15, -0.1) is 0 Å². The van der Waals surface area contributed by atoms with E-state index in [1.807, 2.05) is 7.05 Å². The summed E-state index contributed by atoms with van der Waals surface area (Å²) in [6, 6.07) is 3.98. The molecule has 0 bridgehead atoms. The molecule has 1 saturated heterocycles. The Morgan fingerprint density at radius 2 is 2.09 bits per heavy atom. The maximum Gasteiger partial charge on any atom is 0.387 e. The van der Waals surface area contributed by atoms with E-state index in [0.717, 1.165) is 19.5 Å². The quantitative estimate of drug-likeness (QED) is 0.924. The zero-order chi connectivity index (χ0) is 16.1. The van der Waals surface area contributed by atoms with Crippen LogP contribution in [0.2, 0.25) is 5.02 Å². The predicted molar refractivity (Wildman–Crippen MR) is 80.8 cm³/mol. The van der Waals surface area contributed by atoms with Crippen molar-refractivity contribution in [3.8, 4) is 5.75 Å². The summed E-state index contributed by atoms with van der Waals surface area (Å²) in [4.78, 5) is 16.1. The van der Waals surface area contributed by atoms with E-state index in [9.17, 15) is 13.6 Å². The third-order valence-electron chi connectivity index (χ3n) is 3.41. The molecule has 22 heavy (non-hydrogen) atoms. The van der Waals surface area contributed by atoms with Crippen LogP contribution < -0.4 is 10.1 Å². The highest BCUT2D eigenvalue weighted by Gasteiger charge is 2.18. The summed E-state index contributed by atoms with van der Waals surface area (Å²) in [5, 5.41) is 2.74. The number of likely N-dealkylation sites (N-methyl/N-ethyl adjacent to an activating group) is 1. The topological polar surface area (TPSA) is 44.8 Å². The van der Waals surface area contributed by atoms with Crippen molar-refractivity contribution in [2.45, 2.75) is 13.0 Å². The molecule has 1 aromatic carbocycles. The van der Waals surface area contributed by atoms with Gasteiger partial charge in [-0.2, -0.15) is 8.78 Å². The van der Waals surface area contributed by atoms with Crippen molar-refractivity contribution in [3.63, 3.8) is 0 Å². The Labute approximate surface area is 132 Å². The second-order valence-corrected chi connectivity index (χ2v) is 5.50. The Kier molecular flexibility index (Phi) is 5.79. The fraction of sp³-hybridized carbons (Fsp3) is 0.500. The van der Waals surface area contributed by atoms with Crippen LogP contribution in [0.5, 0.6) is 5.75 Å². The third kappa shape index (κ3) is 4.71. The van der Waals surface area contributed by atoms with Crippen LogP contribution >= 0.6 is 11.6 Å². The number of carbonyl (C=O) groups excluding carboxylic acids is 1. The van der Waals surface area contributed by atoms with Gasteiger partial charge in [0.2, 0.25) is 0 Å². The van der Waals surface area contributed by atoms with Crippen molar-refractivity contribution in [2.75, 3.05) is 38.5 Å². The number of hydrogen-bond donors (Lipinski definition) is 1. The predicted octanol–water partition coefficient (Wildman–Crippen LogP) is 3.11. The Bertz CT molecular complexity index is 531. The molecule has 1 fully saturated rings. The van der Waals surface area contributed by atoms with Crippen LogP contribution in [-0.2, 0) is 0 Å². The van der Waals surface area contributed by atoms with Crippen molar-refractivity contribution in [1.29, 1.82) is 0 Å². The van der Waals surface area contributed by atoms with Crippen molar-refractivity contribution in [3.05, 3.63) is 23.2 Å². The minimum Gasteiger partial charge on any atom is -0.433 e. The van der Waals surface area contributed by atoms with Crippen LogP contribution in [0.1, 0.15) is 6.42 Å². The molecule has 0 saturated carbocycles. The van der Waals surface area contributed by atoms with Gasteiger partial charge >= 0.3 is 12.6 Å². The zero-order valence-electron chi connectivity index (χ0n) is 12.2. The van der Waals surface area contributed by atoms with E-state index in [-0.39, 0.29) is 16.8 Å². The van der Waals surface area contributed by atoms with Crippen LogP contribution in [-0.4, -0.2) is 55.7 Å². The summed E-state index contributed by atoms with van der Waals surface area (Å²) in [6.07, 6.45) is 0.893. The molecule has 1 heterocycles. The van der Waals surface area contributed by atoms with Crippen LogP contribution in [0, 0.1) is 0 Å². The number of rotatable bonds is 3. The maximum absolute atomic E-state index is 12.3. The minimum absolute atomic E-state index is 0.0645. The number of benzene rings is 1. The van der Waals surface area contributed by atoms with Crippen molar-refractivity contribution in [1.82, 2.24) is 9.80 Å². The maximum atomic E-state index is 12.3. The van der Waals surface area contributed by atoms with Crippen LogP contribution in [0.15, 0.2) is 18.2 Å². The Balaban J connectivity index is 2.01. The standard InChI is InChI=1S/C14H18ClF2N3O2/c1-19-5-2-6-20(8-7-19)14(21)18-10-3-4-11(15)12(9-10)22-13(16)17/h3-4,9,13H,2,5-8H2,1H3,(H,18,21). The average Bonchev–Trinajstić information content (AvgIpc) is 2.67. The summed E-state index contributed by atoms with van der Waals surface area (Å²) in [5.41, 5.74) is 0.364. The minimum atomic E-state index is -2.97. The van der Waals surface area contributed by atoms with Gasteiger partial charge < -0.3 is 19.9 Å². The average molecular weight is 334 g/mol. The second kappa shape index (κ2) is 7.60. The summed E-state index contributed by atoms with van der Waals surface area (Å²) >= 11 is 5.78. The lowest BCUT2D eigenvalue weighted by Crippen LogP contribution is -2.37. The normalized spacial score (nSPS) is 16.5. The summed E-state index contributed by atoms with van der Waals surface area (Å²) in [6.45, 7) is 0.0512. The van der Waals surface area contributed by atoms with Crippen molar-refractivity contribution < 1.29 is 18.3 Å². The molecule has 0 atom stereocenters. The van der Waals surface area contributed by atoms with Crippen molar-refractivity contribution in [2.24, 2.45) is 0 Å².